The predicted molar refractivity (Wildman–Crippen MR) is 71.9 cm³/mol. The van der Waals surface area contributed by atoms with Crippen molar-refractivity contribution in [1.82, 2.24) is 10.2 Å². The molecule has 0 aromatic rings. The van der Waals surface area contributed by atoms with Crippen LogP contribution in [0.1, 0.15) is 59.8 Å². The van der Waals surface area contributed by atoms with Crippen LogP contribution in [0.2, 0.25) is 0 Å². The molecule has 0 spiro atoms. The van der Waals surface area contributed by atoms with E-state index in [1.807, 2.05) is 0 Å². The summed E-state index contributed by atoms with van der Waals surface area (Å²) in [4.78, 5) is 2.56. The Morgan fingerprint density at radius 1 is 1.19 bits per heavy atom. The number of rotatable bonds is 4. The lowest BCUT2D eigenvalue weighted by molar-refractivity contribution is 0.132. The molecule has 0 unspecified atom stereocenters. The fraction of sp³-hybridized carbons (Fsp3) is 1.00. The Kier molecular flexibility index (Phi) is 5.26. The molecule has 0 aromatic carbocycles. The number of nitrogens with zero attached hydrogens (tertiary/aromatic N) is 1. The van der Waals surface area contributed by atoms with Crippen LogP contribution in [0, 0.1) is 0 Å². The fourth-order valence-electron chi connectivity index (χ4n) is 2.88. The van der Waals surface area contributed by atoms with E-state index in [1.54, 1.807) is 0 Å². The average Bonchev–Trinajstić information content (AvgIpc) is 2.16. The quantitative estimate of drug-likeness (QED) is 0.792. The molecule has 0 heterocycles. The minimum atomic E-state index is 0.243. The second-order valence-corrected chi connectivity index (χ2v) is 6.33. The zero-order chi connectivity index (χ0) is 12.2. The van der Waals surface area contributed by atoms with Crippen molar-refractivity contribution in [3.05, 3.63) is 0 Å². The first-order chi connectivity index (χ1) is 7.44. The number of hydrogen-bond donors (Lipinski definition) is 1. The summed E-state index contributed by atoms with van der Waals surface area (Å²) < 4.78 is 0. The van der Waals surface area contributed by atoms with Gasteiger partial charge < -0.3 is 10.2 Å². The SMILES string of the molecule is CCCN(C)[C@H]1CCCC[C@@H]1NC(C)(C)C. The van der Waals surface area contributed by atoms with Crippen LogP contribution in [0.25, 0.3) is 0 Å². The molecule has 0 aliphatic heterocycles. The summed E-state index contributed by atoms with van der Waals surface area (Å²) >= 11 is 0. The van der Waals surface area contributed by atoms with Gasteiger partial charge in [-0.3, -0.25) is 0 Å². The van der Waals surface area contributed by atoms with E-state index in [0.29, 0.717) is 6.04 Å². The van der Waals surface area contributed by atoms with Crippen LogP contribution in [0.15, 0.2) is 0 Å². The normalized spacial score (nSPS) is 27.4. The van der Waals surface area contributed by atoms with Crippen LogP contribution in [0.3, 0.4) is 0 Å². The molecule has 0 aromatic heterocycles. The van der Waals surface area contributed by atoms with E-state index < -0.39 is 0 Å². The third-order valence-electron chi connectivity index (χ3n) is 3.49. The highest BCUT2D eigenvalue weighted by Gasteiger charge is 2.30. The molecule has 1 rings (SSSR count). The molecular weight excluding hydrogens is 196 g/mol. The minimum Gasteiger partial charge on any atom is -0.308 e. The molecule has 1 aliphatic carbocycles. The summed E-state index contributed by atoms with van der Waals surface area (Å²) in [5.74, 6) is 0. The van der Waals surface area contributed by atoms with Gasteiger partial charge in [-0.05, 0) is 53.6 Å². The van der Waals surface area contributed by atoms with E-state index in [1.165, 1.54) is 38.6 Å². The maximum absolute atomic E-state index is 3.81. The summed E-state index contributed by atoms with van der Waals surface area (Å²) in [6.07, 6.45) is 6.76. The molecule has 96 valence electrons. The zero-order valence-corrected chi connectivity index (χ0v) is 11.8. The van der Waals surface area contributed by atoms with E-state index >= 15 is 0 Å². The van der Waals surface area contributed by atoms with Crippen LogP contribution in [-0.4, -0.2) is 36.1 Å². The highest BCUT2D eigenvalue weighted by atomic mass is 15.2. The highest BCUT2D eigenvalue weighted by Crippen LogP contribution is 2.24. The van der Waals surface area contributed by atoms with Crippen molar-refractivity contribution >= 4 is 0 Å². The maximum atomic E-state index is 3.81. The second kappa shape index (κ2) is 6.02. The molecule has 1 N–H and O–H groups in total. The van der Waals surface area contributed by atoms with E-state index in [0.717, 1.165) is 6.04 Å². The first-order valence-electron chi connectivity index (χ1n) is 6.92. The van der Waals surface area contributed by atoms with Crippen molar-refractivity contribution in [2.24, 2.45) is 0 Å². The Labute approximate surface area is 102 Å². The molecule has 0 bridgehead atoms. The minimum absolute atomic E-state index is 0.243. The largest absolute Gasteiger partial charge is 0.308 e. The van der Waals surface area contributed by atoms with Gasteiger partial charge in [-0.1, -0.05) is 19.8 Å². The molecule has 16 heavy (non-hydrogen) atoms. The van der Waals surface area contributed by atoms with Crippen LogP contribution < -0.4 is 5.32 Å². The first kappa shape index (κ1) is 14.0. The Hall–Kier alpha value is -0.0800. The molecule has 1 fully saturated rings. The van der Waals surface area contributed by atoms with Crippen molar-refractivity contribution in [2.45, 2.75) is 77.4 Å². The number of likely N-dealkylation sites (N-methyl/N-ethyl adjacent to an activating group) is 1. The Morgan fingerprint density at radius 2 is 1.81 bits per heavy atom. The van der Waals surface area contributed by atoms with E-state index in [2.05, 4.69) is 45.0 Å². The zero-order valence-electron chi connectivity index (χ0n) is 11.8. The summed E-state index contributed by atoms with van der Waals surface area (Å²) in [5.41, 5.74) is 0.243. The van der Waals surface area contributed by atoms with Crippen molar-refractivity contribution in [1.29, 1.82) is 0 Å². The van der Waals surface area contributed by atoms with Gasteiger partial charge in [-0.25, -0.2) is 0 Å². The lowest BCUT2D eigenvalue weighted by Crippen LogP contribution is -2.55. The summed E-state index contributed by atoms with van der Waals surface area (Å²) in [7, 11) is 2.29. The topological polar surface area (TPSA) is 15.3 Å². The maximum Gasteiger partial charge on any atom is 0.0246 e. The summed E-state index contributed by atoms with van der Waals surface area (Å²) in [6, 6.07) is 1.43. The van der Waals surface area contributed by atoms with Crippen LogP contribution in [0.5, 0.6) is 0 Å². The Balaban J connectivity index is 2.56. The van der Waals surface area contributed by atoms with Gasteiger partial charge in [-0.15, -0.1) is 0 Å². The fourth-order valence-corrected chi connectivity index (χ4v) is 2.88. The molecule has 2 atom stereocenters. The molecule has 2 nitrogen and oxygen atoms in total. The lowest BCUT2D eigenvalue weighted by atomic mass is 9.87. The van der Waals surface area contributed by atoms with Gasteiger partial charge in [0, 0.05) is 17.6 Å². The van der Waals surface area contributed by atoms with Crippen molar-refractivity contribution in [3.63, 3.8) is 0 Å². The predicted octanol–water partition coefficient (Wildman–Crippen LogP) is 3.03. The molecular formula is C14H30N2. The van der Waals surface area contributed by atoms with Crippen molar-refractivity contribution in [3.8, 4) is 0 Å². The van der Waals surface area contributed by atoms with Gasteiger partial charge in [0.15, 0.2) is 0 Å². The third kappa shape index (κ3) is 4.42. The Bertz CT molecular complexity index is 195. The second-order valence-electron chi connectivity index (χ2n) is 6.33. The van der Waals surface area contributed by atoms with E-state index in [9.17, 15) is 0 Å². The van der Waals surface area contributed by atoms with Crippen molar-refractivity contribution in [2.75, 3.05) is 13.6 Å². The van der Waals surface area contributed by atoms with Gasteiger partial charge in [0.2, 0.25) is 0 Å². The van der Waals surface area contributed by atoms with Gasteiger partial charge in [-0.2, -0.15) is 0 Å². The van der Waals surface area contributed by atoms with Crippen LogP contribution in [0.4, 0.5) is 0 Å². The van der Waals surface area contributed by atoms with E-state index in [-0.39, 0.29) is 5.54 Å². The monoisotopic (exact) mass is 226 g/mol. The van der Waals surface area contributed by atoms with Gasteiger partial charge >= 0.3 is 0 Å². The van der Waals surface area contributed by atoms with Gasteiger partial charge in [0.1, 0.15) is 0 Å². The lowest BCUT2D eigenvalue weighted by Gasteiger charge is -2.41. The standard InChI is InChI=1S/C14H30N2/c1-6-11-16(5)13-10-8-7-9-12(13)15-14(2,3)4/h12-13,15H,6-11H2,1-5H3/t12-,13-/m0/s1. The molecule has 2 heteroatoms. The van der Waals surface area contributed by atoms with Gasteiger partial charge in [0.25, 0.3) is 0 Å². The third-order valence-corrected chi connectivity index (χ3v) is 3.49. The average molecular weight is 226 g/mol. The van der Waals surface area contributed by atoms with Crippen molar-refractivity contribution < 1.29 is 0 Å². The summed E-state index contributed by atoms with van der Waals surface area (Å²) in [6.45, 7) is 10.3. The first-order valence-corrected chi connectivity index (χ1v) is 6.92. The molecule has 1 aliphatic rings. The number of hydrogen-bond acceptors (Lipinski definition) is 2. The number of nitrogens with one attached hydrogen (secondary N) is 1. The summed E-state index contributed by atoms with van der Waals surface area (Å²) in [5, 5.41) is 3.81. The van der Waals surface area contributed by atoms with E-state index in [4.69, 9.17) is 0 Å². The molecule has 0 amide bonds. The van der Waals surface area contributed by atoms with Crippen LogP contribution >= 0.6 is 0 Å². The molecule has 0 saturated heterocycles. The molecule has 0 radical (unpaired) electrons. The molecule has 1 saturated carbocycles. The van der Waals surface area contributed by atoms with Gasteiger partial charge in [0.05, 0.1) is 0 Å². The highest BCUT2D eigenvalue weighted by molar-refractivity contribution is 4.90. The smallest absolute Gasteiger partial charge is 0.0246 e. The van der Waals surface area contributed by atoms with Crippen LogP contribution in [-0.2, 0) is 0 Å². The Morgan fingerprint density at radius 3 is 2.38 bits per heavy atom.